The van der Waals surface area contributed by atoms with Crippen LogP contribution in [0.15, 0.2) is 67.5 Å². The first-order valence-corrected chi connectivity index (χ1v) is 9.45. The highest BCUT2D eigenvalue weighted by molar-refractivity contribution is 5.73. The fourth-order valence-electron chi connectivity index (χ4n) is 2.80. The van der Waals surface area contributed by atoms with Crippen molar-refractivity contribution in [3.8, 4) is 28.1 Å². The van der Waals surface area contributed by atoms with Crippen LogP contribution < -0.4 is 4.74 Å². The van der Waals surface area contributed by atoms with Gasteiger partial charge in [-0.15, -0.1) is 0 Å². The Morgan fingerprint density at radius 2 is 1.62 bits per heavy atom. The molecule has 0 aliphatic carbocycles. The molecule has 166 valence electrons. The van der Waals surface area contributed by atoms with Gasteiger partial charge >= 0.3 is 12.1 Å². The summed E-state index contributed by atoms with van der Waals surface area (Å²) in [4.78, 5) is 21.6. The Morgan fingerprint density at radius 3 is 2.19 bits per heavy atom. The number of ether oxygens (including phenoxy) is 1. The number of halogens is 3. The number of hydrogen-bond acceptors (Lipinski definition) is 5. The van der Waals surface area contributed by atoms with Crippen LogP contribution in [0.4, 0.5) is 13.2 Å². The number of carboxylic acids is 1. The summed E-state index contributed by atoms with van der Waals surface area (Å²) in [6.07, 6.45) is 4.07. The molecule has 0 bridgehead atoms. The van der Waals surface area contributed by atoms with E-state index in [0.717, 1.165) is 33.8 Å². The molecule has 32 heavy (non-hydrogen) atoms. The molecule has 10 heteroatoms. The first kappa shape index (κ1) is 22.7. The van der Waals surface area contributed by atoms with Crippen LogP contribution in [-0.2, 0) is 4.79 Å². The summed E-state index contributed by atoms with van der Waals surface area (Å²) in [5.41, 5.74) is 5.05. The number of pyridine rings is 1. The molecule has 0 radical (unpaired) electrons. The number of fused-ring (bicyclic) bond motifs is 1. The predicted molar refractivity (Wildman–Crippen MR) is 111 cm³/mol. The van der Waals surface area contributed by atoms with Gasteiger partial charge in [0, 0.05) is 24.2 Å². The Labute approximate surface area is 181 Å². The SMILES string of the molecule is CC(C)Oc1ccc(-c2ccn3c(-c4cncnc4)cnc3c2)cc1.O=C(O)C(F)(F)F. The lowest BCUT2D eigenvalue weighted by molar-refractivity contribution is -0.192. The monoisotopic (exact) mass is 444 g/mol. The van der Waals surface area contributed by atoms with E-state index < -0.39 is 12.1 Å². The minimum absolute atomic E-state index is 0.174. The number of carbonyl (C=O) groups is 1. The van der Waals surface area contributed by atoms with E-state index in [0.29, 0.717) is 0 Å². The molecular formula is C22H19F3N4O3. The van der Waals surface area contributed by atoms with Crippen LogP contribution in [0.3, 0.4) is 0 Å². The normalized spacial score (nSPS) is 11.2. The second-order valence-corrected chi connectivity index (χ2v) is 6.91. The van der Waals surface area contributed by atoms with Crippen molar-refractivity contribution in [3.05, 3.63) is 67.5 Å². The van der Waals surface area contributed by atoms with E-state index in [4.69, 9.17) is 14.6 Å². The van der Waals surface area contributed by atoms with Gasteiger partial charge in [0.25, 0.3) is 0 Å². The Hall–Kier alpha value is -3.95. The smallest absolute Gasteiger partial charge is 0.490 e. The van der Waals surface area contributed by atoms with Crippen LogP contribution in [0.5, 0.6) is 5.75 Å². The average Bonchev–Trinajstić information content (AvgIpc) is 3.17. The van der Waals surface area contributed by atoms with E-state index >= 15 is 0 Å². The number of carboxylic acid groups (broad SMARTS) is 1. The van der Waals surface area contributed by atoms with E-state index in [9.17, 15) is 13.2 Å². The molecule has 0 spiro atoms. The van der Waals surface area contributed by atoms with Gasteiger partial charge in [0.1, 0.15) is 17.7 Å². The minimum atomic E-state index is -5.08. The topological polar surface area (TPSA) is 89.6 Å². The van der Waals surface area contributed by atoms with Crippen LogP contribution in [0, 0.1) is 0 Å². The lowest BCUT2D eigenvalue weighted by atomic mass is 10.1. The first-order chi connectivity index (χ1) is 15.1. The number of benzene rings is 1. The Kier molecular flexibility index (Phi) is 6.72. The number of hydrogen-bond donors (Lipinski definition) is 1. The lowest BCUT2D eigenvalue weighted by Gasteiger charge is -2.10. The van der Waals surface area contributed by atoms with Gasteiger partial charge in [-0.1, -0.05) is 12.1 Å². The van der Waals surface area contributed by atoms with Crippen molar-refractivity contribution in [1.82, 2.24) is 19.4 Å². The number of nitrogens with zero attached hydrogens (tertiary/aromatic N) is 4. The number of aromatic nitrogens is 4. The van der Waals surface area contributed by atoms with Crippen molar-refractivity contribution >= 4 is 11.6 Å². The summed E-state index contributed by atoms with van der Waals surface area (Å²) in [7, 11) is 0. The maximum absolute atomic E-state index is 10.6. The maximum Gasteiger partial charge on any atom is 0.490 e. The number of rotatable bonds is 4. The highest BCUT2D eigenvalue weighted by atomic mass is 19.4. The molecule has 0 amide bonds. The van der Waals surface area contributed by atoms with Gasteiger partial charge in [0.2, 0.25) is 0 Å². The van der Waals surface area contributed by atoms with Gasteiger partial charge in [-0.2, -0.15) is 13.2 Å². The van der Waals surface area contributed by atoms with Crippen LogP contribution >= 0.6 is 0 Å². The molecule has 0 atom stereocenters. The summed E-state index contributed by atoms with van der Waals surface area (Å²) >= 11 is 0. The highest BCUT2D eigenvalue weighted by Crippen LogP contribution is 2.26. The summed E-state index contributed by atoms with van der Waals surface area (Å²) in [6, 6.07) is 12.3. The summed E-state index contributed by atoms with van der Waals surface area (Å²) < 4.78 is 39.5. The van der Waals surface area contributed by atoms with Crippen molar-refractivity contribution in [2.45, 2.75) is 26.1 Å². The first-order valence-electron chi connectivity index (χ1n) is 9.45. The Balaban J connectivity index is 0.000000360. The van der Waals surface area contributed by atoms with E-state index in [2.05, 4.69) is 39.2 Å². The zero-order chi connectivity index (χ0) is 23.3. The van der Waals surface area contributed by atoms with Gasteiger partial charge in [0.05, 0.1) is 18.0 Å². The van der Waals surface area contributed by atoms with Crippen LogP contribution in [-0.4, -0.2) is 42.7 Å². The van der Waals surface area contributed by atoms with Crippen molar-refractivity contribution < 1.29 is 27.8 Å². The summed E-state index contributed by atoms with van der Waals surface area (Å²) in [6.45, 7) is 4.05. The van der Waals surface area contributed by atoms with E-state index in [1.165, 1.54) is 6.33 Å². The van der Waals surface area contributed by atoms with Crippen molar-refractivity contribution in [2.24, 2.45) is 0 Å². The van der Waals surface area contributed by atoms with Crippen molar-refractivity contribution in [2.75, 3.05) is 0 Å². The quantitative estimate of drug-likeness (QED) is 0.483. The second kappa shape index (κ2) is 9.46. The molecule has 3 heterocycles. The number of aliphatic carboxylic acids is 1. The molecular weight excluding hydrogens is 425 g/mol. The molecule has 0 aliphatic rings. The lowest BCUT2D eigenvalue weighted by Crippen LogP contribution is -2.21. The third-order valence-corrected chi connectivity index (χ3v) is 4.17. The molecule has 0 saturated heterocycles. The van der Waals surface area contributed by atoms with Gasteiger partial charge in [-0.05, 0) is 49.2 Å². The molecule has 3 aromatic heterocycles. The molecule has 0 fully saturated rings. The zero-order valence-corrected chi connectivity index (χ0v) is 17.1. The zero-order valence-electron chi connectivity index (χ0n) is 17.1. The van der Waals surface area contributed by atoms with Crippen LogP contribution in [0.25, 0.3) is 28.0 Å². The van der Waals surface area contributed by atoms with Gasteiger partial charge in [0.15, 0.2) is 0 Å². The molecule has 4 rings (SSSR count). The summed E-state index contributed by atoms with van der Waals surface area (Å²) in [5, 5.41) is 7.12. The second-order valence-electron chi connectivity index (χ2n) is 6.91. The van der Waals surface area contributed by atoms with E-state index in [1.807, 2.05) is 42.8 Å². The average molecular weight is 444 g/mol. The van der Waals surface area contributed by atoms with Gasteiger partial charge in [-0.25, -0.2) is 19.7 Å². The molecule has 0 aliphatic heterocycles. The van der Waals surface area contributed by atoms with Gasteiger partial charge in [-0.3, -0.25) is 4.40 Å². The molecule has 0 unspecified atom stereocenters. The third-order valence-electron chi connectivity index (χ3n) is 4.17. The standard InChI is InChI=1S/C20H18N4O.C2HF3O2/c1-14(2)25-18-5-3-15(4-6-18)16-7-8-24-19(12-23-20(24)9-16)17-10-21-13-22-11-17;3-2(4,5)1(6)7/h3-14H,1-2H3;(H,6,7). The Bertz CT molecular complexity index is 1190. The largest absolute Gasteiger partial charge is 0.491 e. The number of alkyl halides is 3. The van der Waals surface area contributed by atoms with E-state index in [1.54, 1.807) is 12.4 Å². The third kappa shape index (κ3) is 5.60. The maximum atomic E-state index is 10.6. The predicted octanol–water partition coefficient (Wildman–Crippen LogP) is 4.88. The van der Waals surface area contributed by atoms with Gasteiger partial charge < -0.3 is 9.84 Å². The summed E-state index contributed by atoms with van der Waals surface area (Å²) in [5.74, 6) is -1.88. The van der Waals surface area contributed by atoms with E-state index in [-0.39, 0.29) is 6.10 Å². The van der Waals surface area contributed by atoms with Crippen LogP contribution in [0.1, 0.15) is 13.8 Å². The molecule has 0 saturated carbocycles. The number of imidazole rings is 1. The fraction of sp³-hybridized carbons (Fsp3) is 0.182. The fourth-order valence-corrected chi connectivity index (χ4v) is 2.80. The molecule has 1 N–H and O–H groups in total. The molecule has 4 aromatic rings. The Morgan fingerprint density at radius 1 is 1.00 bits per heavy atom. The van der Waals surface area contributed by atoms with Crippen molar-refractivity contribution in [1.29, 1.82) is 0 Å². The minimum Gasteiger partial charge on any atom is -0.491 e. The molecule has 1 aromatic carbocycles. The highest BCUT2D eigenvalue weighted by Gasteiger charge is 2.38. The molecule has 7 nitrogen and oxygen atoms in total. The van der Waals surface area contributed by atoms with Crippen molar-refractivity contribution in [3.63, 3.8) is 0 Å². The van der Waals surface area contributed by atoms with Crippen LogP contribution in [0.2, 0.25) is 0 Å².